The molecule has 1 saturated heterocycles. The minimum atomic E-state index is -0.412. The van der Waals surface area contributed by atoms with Crippen LogP contribution in [0, 0.1) is 0 Å². The molecule has 1 saturated carbocycles. The van der Waals surface area contributed by atoms with E-state index >= 15 is 0 Å². The molecule has 1 aliphatic carbocycles. The van der Waals surface area contributed by atoms with Crippen molar-refractivity contribution in [2.24, 2.45) is 0 Å². The number of carbonyl (C=O) groups is 2. The van der Waals surface area contributed by atoms with Crippen LogP contribution in [0.25, 0.3) is 0 Å². The molecule has 174 valence electrons. The summed E-state index contributed by atoms with van der Waals surface area (Å²) in [5.41, 5.74) is 2.88. The Balaban J connectivity index is 1.44. The summed E-state index contributed by atoms with van der Waals surface area (Å²) in [6, 6.07) is 5.44. The van der Waals surface area contributed by atoms with Gasteiger partial charge in [-0.1, -0.05) is 0 Å². The van der Waals surface area contributed by atoms with Crippen molar-refractivity contribution in [2.45, 2.75) is 51.0 Å². The number of likely N-dealkylation sites (tertiary alicyclic amines) is 1. The number of rotatable bonds is 6. The van der Waals surface area contributed by atoms with E-state index in [1.807, 2.05) is 17.0 Å². The summed E-state index contributed by atoms with van der Waals surface area (Å²) in [7, 11) is 0. The van der Waals surface area contributed by atoms with E-state index in [2.05, 4.69) is 44.4 Å². The summed E-state index contributed by atoms with van der Waals surface area (Å²) in [5, 5.41) is 6.07. The minimum Gasteiger partial charge on any atom is -0.351 e. The maximum Gasteiger partial charge on any atom is 0.276 e. The lowest BCUT2D eigenvalue weighted by atomic mass is 10.0. The Kier molecular flexibility index (Phi) is 5.69. The van der Waals surface area contributed by atoms with Crippen LogP contribution >= 0.6 is 0 Å². The molecule has 3 aromatic rings. The molecule has 9 heteroatoms. The number of carbonyl (C=O) groups excluding carboxylic acids is 2. The van der Waals surface area contributed by atoms with Gasteiger partial charge in [0.2, 0.25) is 0 Å². The molecule has 1 aliphatic heterocycles. The highest BCUT2D eigenvalue weighted by atomic mass is 16.2. The third-order valence-corrected chi connectivity index (χ3v) is 6.41. The number of amides is 2. The molecule has 4 heterocycles. The van der Waals surface area contributed by atoms with Gasteiger partial charge in [-0.2, -0.15) is 0 Å². The largest absolute Gasteiger partial charge is 0.351 e. The van der Waals surface area contributed by atoms with Gasteiger partial charge in [0, 0.05) is 29.9 Å². The molecule has 0 atom stereocenters. The molecule has 0 spiro atoms. The van der Waals surface area contributed by atoms with Crippen LogP contribution in [-0.4, -0.2) is 48.7 Å². The van der Waals surface area contributed by atoms with Crippen LogP contribution in [0.1, 0.15) is 72.0 Å². The van der Waals surface area contributed by atoms with Gasteiger partial charge >= 0.3 is 0 Å². The lowest BCUT2D eigenvalue weighted by Gasteiger charge is -2.32. The number of nitrogens with zero attached hydrogens (tertiary/aromatic N) is 5. The van der Waals surface area contributed by atoms with Crippen molar-refractivity contribution in [3.8, 4) is 0 Å². The molecule has 5 rings (SSSR count). The van der Waals surface area contributed by atoms with Crippen molar-refractivity contribution in [3.63, 3.8) is 0 Å². The molecular formula is C25H27N7O2. The maximum atomic E-state index is 13.4. The average Bonchev–Trinajstić information content (AvgIpc) is 3.62. The monoisotopic (exact) mass is 457 g/mol. The molecule has 3 aromatic heterocycles. The van der Waals surface area contributed by atoms with E-state index < -0.39 is 5.91 Å². The van der Waals surface area contributed by atoms with Gasteiger partial charge in [0.05, 0.1) is 41.2 Å². The van der Waals surface area contributed by atoms with Crippen LogP contribution in [0.3, 0.4) is 0 Å². The van der Waals surface area contributed by atoms with Crippen molar-refractivity contribution in [1.29, 1.82) is 0 Å². The number of nitrogens with one attached hydrogen (secondary N) is 2. The third kappa shape index (κ3) is 4.46. The zero-order valence-corrected chi connectivity index (χ0v) is 19.3. The lowest BCUT2D eigenvalue weighted by Crippen LogP contribution is -2.43. The van der Waals surface area contributed by atoms with Crippen LogP contribution in [0.15, 0.2) is 49.3 Å². The van der Waals surface area contributed by atoms with Crippen LogP contribution in [0.2, 0.25) is 0 Å². The van der Waals surface area contributed by atoms with E-state index in [9.17, 15) is 9.59 Å². The smallest absolute Gasteiger partial charge is 0.276 e. The molecule has 0 unspecified atom stereocenters. The predicted molar refractivity (Wildman–Crippen MR) is 128 cm³/mol. The Morgan fingerprint density at radius 3 is 2.53 bits per heavy atom. The molecule has 0 radical (unpaired) electrons. The molecular weight excluding hydrogens is 430 g/mol. The zero-order valence-electron chi connectivity index (χ0n) is 19.3. The topological polar surface area (TPSA) is 113 Å². The Hall–Kier alpha value is -3.88. The molecule has 34 heavy (non-hydrogen) atoms. The van der Waals surface area contributed by atoms with Gasteiger partial charge in [0.1, 0.15) is 6.33 Å². The summed E-state index contributed by atoms with van der Waals surface area (Å²) in [5.74, 6) is -0.141. The van der Waals surface area contributed by atoms with Gasteiger partial charge in [-0.25, -0.2) is 15.0 Å². The fourth-order valence-corrected chi connectivity index (χ4v) is 4.37. The average molecular weight is 458 g/mol. The van der Waals surface area contributed by atoms with Gasteiger partial charge in [-0.15, -0.1) is 0 Å². The first kappa shape index (κ1) is 21.9. The highest BCUT2D eigenvalue weighted by molar-refractivity contribution is 6.10. The number of hydrogen-bond acceptors (Lipinski definition) is 7. The quantitative estimate of drug-likeness (QED) is 0.571. The van der Waals surface area contributed by atoms with E-state index in [0.29, 0.717) is 35.1 Å². The number of pyridine rings is 2. The van der Waals surface area contributed by atoms with Gasteiger partial charge in [-0.05, 0) is 57.7 Å². The molecule has 9 nitrogen and oxygen atoms in total. The standard InChI is InChI=1S/C25H27N7O2/c1-25(2)9-3-11-32(25)24(34)18-8-10-26-14-21(18)31-23(33)22-20(29-17-12-27-15-28-13-17)7-6-19(30-22)16-4-5-16/h6-8,10,12-16,29H,3-5,9,11H2,1-2H3,(H,31,33). The summed E-state index contributed by atoms with van der Waals surface area (Å²) >= 11 is 0. The normalized spacial score (nSPS) is 16.8. The van der Waals surface area contributed by atoms with Crippen LogP contribution < -0.4 is 10.6 Å². The van der Waals surface area contributed by atoms with E-state index in [0.717, 1.165) is 31.4 Å². The minimum absolute atomic E-state index is 0.111. The van der Waals surface area contributed by atoms with E-state index in [1.54, 1.807) is 24.7 Å². The molecule has 2 N–H and O–H groups in total. The van der Waals surface area contributed by atoms with Crippen molar-refractivity contribution in [1.82, 2.24) is 24.8 Å². The number of anilines is 3. The van der Waals surface area contributed by atoms with Crippen molar-refractivity contribution in [2.75, 3.05) is 17.2 Å². The summed E-state index contributed by atoms with van der Waals surface area (Å²) < 4.78 is 0. The molecule has 2 fully saturated rings. The highest BCUT2D eigenvalue weighted by Crippen LogP contribution is 2.40. The Labute approximate surface area is 198 Å². The molecule has 2 amide bonds. The second-order valence-corrected chi connectivity index (χ2v) is 9.41. The summed E-state index contributed by atoms with van der Waals surface area (Å²) in [6.45, 7) is 4.82. The van der Waals surface area contributed by atoms with Gasteiger partial charge in [0.25, 0.3) is 11.8 Å². The Bertz CT molecular complexity index is 1220. The van der Waals surface area contributed by atoms with E-state index in [1.165, 1.54) is 12.5 Å². The second-order valence-electron chi connectivity index (χ2n) is 9.41. The van der Waals surface area contributed by atoms with E-state index in [4.69, 9.17) is 0 Å². The highest BCUT2D eigenvalue weighted by Gasteiger charge is 2.36. The van der Waals surface area contributed by atoms with Gasteiger partial charge < -0.3 is 15.5 Å². The molecule has 0 aromatic carbocycles. The van der Waals surface area contributed by atoms with Crippen LogP contribution in [0.5, 0.6) is 0 Å². The first-order chi connectivity index (χ1) is 16.4. The zero-order chi connectivity index (χ0) is 23.7. The van der Waals surface area contributed by atoms with Gasteiger partial charge in [-0.3, -0.25) is 14.6 Å². The lowest BCUT2D eigenvalue weighted by molar-refractivity contribution is 0.0653. The maximum absolute atomic E-state index is 13.4. The fourth-order valence-electron chi connectivity index (χ4n) is 4.37. The predicted octanol–water partition coefficient (Wildman–Crippen LogP) is 4.15. The third-order valence-electron chi connectivity index (χ3n) is 6.41. The van der Waals surface area contributed by atoms with E-state index in [-0.39, 0.29) is 17.1 Å². The van der Waals surface area contributed by atoms with Crippen molar-refractivity contribution in [3.05, 3.63) is 66.3 Å². The van der Waals surface area contributed by atoms with Gasteiger partial charge in [0.15, 0.2) is 5.69 Å². The first-order valence-electron chi connectivity index (χ1n) is 11.5. The summed E-state index contributed by atoms with van der Waals surface area (Å²) in [4.78, 5) is 45.5. The summed E-state index contributed by atoms with van der Waals surface area (Å²) in [6.07, 6.45) is 11.8. The number of hydrogen-bond donors (Lipinski definition) is 2. The first-order valence-corrected chi connectivity index (χ1v) is 11.5. The SMILES string of the molecule is CC1(C)CCCN1C(=O)c1ccncc1NC(=O)c1nc(C2CC2)ccc1Nc1cncnc1. The molecule has 0 bridgehead atoms. The Morgan fingerprint density at radius 1 is 1.03 bits per heavy atom. The van der Waals surface area contributed by atoms with Crippen molar-refractivity contribution >= 4 is 28.9 Å². The second kappa shape index (κ2) is 8.81. The molecule has 2 aliphatic rings. The number of aromatic nitrogens is 4. The van der Waals surface area contributed by atoms with Crippen LogP contribution in [-0.2, 0) is 0 Å². The Morgan fingerprint density at radius 2 is 1.82 bits per heavy atom. The van der Waals surface area contributed by atoms with Crippen LogP contribution in [0.4, 0.5) is 17.1 Å². The fraction of sp³-hybridized carbons (Fsp3) is 0.360. The van der Waals surface area contributed by atoms with Crippen molar-refractivity contribution < 1.29 is 9.59 Å².